The number of carbonyl (C=O) groups excluding carboxylic acids is 1. The number of anilines is 2. The van der Waals surface area contributed by atoms with Gasteiger partial charge in [-0.2, -0.15) is 5.26 Å². The van der Waals surface area contributed by atoms with Gasteiger partial charge in [-0.1, -0.05) is 12.1 Å². The molecular weight excluding hydrogens is 380 g/mol. The Morgan fingerprint density at radius 3 is 2.29 bits per heavy atom. The van der Waals surface area contributed by atoms with E-state index in [2.05, 4.69) is 14.9 Å². The highest BCUT2D eigenvalue weighted by molar-refractivity contribution is 7.92. The first-order valence-electron chi connectivity index (χ1n) is 8.11. The van der Waals surface area contributed by atoms with Gasteiger partial charge >= 0.3 is 0 Å². The quantitative estimate of drug-likeness (QED) is 0.814. The number of hydrogen-bond donors (Lipinski definition) is 1. The Hall–Kier alpha value is -3.71. The van der Waals surface area contributed by atoms with Crippen LogP contribution in [0.1, 0.15) is 11.3 Å². The van der Waals surface area contributed by atoms with Gasteiger partial charge in [-0.25, -0.2) is 8.42 Å². The molecule has 0 saturated heterocycles. The summed E-state index contributed by atoms with van der Waals surface area (Å²) in [5.74, 6) is 0.370. The van der Waals surface area contributed by atoms with E-state index in [0.717, 1.165) is 11.8 Å². The third kappa shape index (κ3) is 4.93. The molecule has 9 nitrogen and oxygen atoms in total. The molecule has 1 N–H and O–H groups in total. The minimum absolute atomic E-state index is 0.151. The molecule has 2 heterocycles. The lowest BCUT2D eigenvalue weighted by Crippen LogP contribution is -2.27. The van der Waals surface area contributed by atoms with Gasteiger partial charge in [-0.15, -0.1) is 10.2 Å². The molecule has 1 aliphatic heterocycles. The van der Waals surface area contributed by atoms with E-state index < -0.39 is 10.0 Å². The fourth-order valence-corrected chi connectivity index (χ4v) is 2.96. The van der Waals surface area contributed by atoms with Gasteiger partial charge in [-0.3, -0.25) is 14.4 Å². The molecule has 2 aromatic rings. The number of carbonyl (C=O) groups is 1. The predicted molar refractivity (Wildman–Crippen MR) is 103 cm³/mol. The first-order chi connectivity index (χ1) is 13.3. The van der Waals surface area contributed by atoms with Crippen LogP contribution in [0.15, 0.2) is 61.2 Å². The van der Waals surface area contributed by atoms with Gasteiger partial charge in [-0.05, 0) is 29.8 Å². The Labute approximate surface area is 162 Å². The number of sulfonamides is 1. The predicted octanol–water partition coefficient (Wildman–Crippen LogP) is 1.55. The molecule has 1 aliphatic rings. The number of aromatic nitrogens is 2. The lowest BCUT2D eigenvalue weighted by molar-refractivity contribution is -0.125. The minimum atomic E-state index is -3.34. The van der Waals surface area contributed by atoms with Gasteiger partial charge in [0.2, 0.25) is 15.9 Å². The number of amides is 1. The fraction of sp³-hybridized carbons (Fsp3) is 0.111. The maximum atomic E-state index is 12.4. The van der Waals surface area contributed by atoms with E-state index in [-0.39, 0.29) is 18.0 Å². The van der Waals surface area contributed by atoms with Crippen molar-refractivity contribution in [1.29, 1.82) is 5.26 Å². The highest BCUT2D eigenvalue weighted by Crippen LogP contribution is 2.16. The van der Waals surface area contributed by atoms with E-state index in [1.807, 2.05) is 6.07 Å². The second-order valence-corrected chi connectivity index (χ2v) is 7.69. The van der Waals surface area contributed by atoms with Crippen LogP contribution in [0.2, 0.25) is 0 Å². The van der Waals surface area contributed by atoms with Crippen molar-refractivity contribution in [2.24, 2.45) is 0 Å². The normalized spacial score (nSPS) is 13.3. The zero-order chi connectivity index (χ0) is 20.1. The molecule has 0 fully saturated rings. The summed E-state index contributed by atoms with van der Waals surface area (Å²) in [6, 6.07) is 11.7. The third-order valence-electron chi connectivity index (χ3n) is 3.71. The maximum absolute atomic E-state index is 12.4. The molecule has 0 saturated carbocycles. The van der Waals surface area contributed by atoms with Crippen LogP contribution in [-0.2, 0) is 21.2 Å². The van der Waals surface area contributed by atoms with E-state index in [1.165, 1.54) is 4.90 Å². The van der Waals surface area contributed by atoms with Crippen LogP contribution in [0.25, 0.3) is 0 Å². The summed E-state index contributed by atoms with van der Waals surface area (Å²) in [5.41, 5.74) is 1.42. The molecule has 1 aromatic carbocycles. The molecule has 0 atom stereocenters. The zero-order valence-corrected chi connectivity index (χ0v) is 15.7. The van der Waals surface area contributed by atoms with Gasteiger partial charge in [0.05, 0.1) is 12.7 Å². The van der Waals surface area contributed by atoms with Crippen molar-refractivity contribution in [3.8, 4) is 6.07 Å². The average molecular weight is 396 g/mol. The Balaban J connectivity index is 1.60. The van der Waals surface area contributed by atoms with Crippen molar-refractivity contribution in [2.75, 3.05) is 15.9 Å². The van der Waals surface area contributed by atoms with Crippen LogP contribution in [0.5, 0.6) is 0 Å². The number of nitrogens with zero attached hydrogens (tertiary/aromatic N) is 5. The number of nitrogens with one attached hydrogen (secondary N) is 1. The molecule has 1 amide bonds. The molecule has 28 heavy (non-hydrogen) atoms. The zero-order valence-electron chi connectivity index (χ0n) is 14.8. The van der Waals surface area contributed by atoms with Crippen molar-refractivity contribution < 1.29 is 13.2 Å². The van der Waals surface area contributed by atoms with Crippen molar-refractivity contribution in [1.82, 2.24) is 15.1 Å². The molecule has 0 bridgehead atoms. The van der Waals surface area contributed by atoms with E-state index in [1.54, 1.807) is 66.1 Å². The smallest absolute Gasteiger partial charge is 0.235 e. The topological polar surface area (TPSA) is 119 Å². The summed E-state index contributed by atoms with van der Waals surface area (Å²) in [6.45, 7) is 0. The van der Waals surface area contributed by atoms with Gasteiger partial charge in [0, 0.05) is 30.5 Å². The maximum Gasteiger partial charge on any atom is 0.235 e. The molecule has 10 heteroatoms. The Bertz CT molecular complexity index is 1060. The third-order valence-corrected chi connectivity index (χ3v) is 4.31. The van der Waals surface area contributed by atoms with Crippen LogP contribution in [-0.4, -0.2) is 35.7 Å². The monoisotopic (exact) mass is 396 g/mol. The second kappa shape index (κ2) is 7.89. The Kier molecular flexibility index (Phi) is 5.37. The summed E-state index contributed by atoms with van der Waals surface area (Å²) in [7, 11) is -3.34. The van der Waals surface area contributed by atoms with E-state index in [9.17, 15) is 13.2 Å². The average Bonchev–Trinajstić information content (AvgIpc) is 2.68. The lowest BCUT2D eigenvalue weighted by Gasteiger charge is -2.22. The fourth-order valence-electron chi connectivity index (χ4n) is 2.40. The summed E-state index contributed by atoms with van der Waals surface area (Å²) < 4.78 is 24.8. The van der Waals surface area contributed by atoms with Gasteiger partial charge in [0.1, 0.15) is 6.07 Å². The van der Waals surface area contributed by atoms with Crippen LogP contribution < -0.4 is 9.62 Å². The van der Waals surface area contributed by atoms with Crippen molar-refractivity contribution in [2.45, 2.75) is 6.42 Å². The van der Waals surface area contributed by atoms with Gasteiger partial charge < -0.3 is 4.90 Å². The number of nitriles is 1. The number of rotatable bonds is 5. The largest absolute Gasteiger partial charge is 0.304 e. The van der Waals surface area contributed by atoms with Crippen LogP contribution in [0, 0.1) is 11.3 Å². The molecule has 1 aromatic heterocycles. The Morgan fingerprint density at radius 1 is 1.07 bits per heavy atom. The molecule has 0 unspecified atom stereocenters. The first-order valence-corrected chi connectivity index (χ1v) is 10.00. The number of benzene rings is 1. The molecule has 0 radical (unpaired) electrons. The summed E-state index contributed by atoms with van der Waals surface area (Å²) in [6.07, 6.45) is 7.75. The molecule has 3 rings (SSSR count). The SMILES string of the molecule is CS(=O)(=O)Nc1ccc(CC(=O)N2C=CN(c3ccc(C#N)nn3)C=C2)cc1. The molecule has 0 aliphatic carbocycles. The van der Waals surface area contributed by atoms with Crippen LogP contribution in [0.4, 0.5) is 11.5 Å². The molecule has 0 spiro atoms. The van der Waals surface area contributed by atoms with E-state index in [0.29, 0.717) is 11.5 Å². The highest BCUT2D eigenvalue weighted by Gasteiger charge is 2.14. The highest BCUT2D eigenvalue weighted by atomic mass is 32.2. The summed E-state index contributed by atoms with van der Waals surface area (Å²) >= 11 is 0. The van der Waals surface area contributed by atoms with Crippen LogP contribution in [0.3, 0.4) is 0 Å². The van der Waals surface area contributed by atoms with Crippen molar-refractivity contribution >= 4 is 27.4 Å². The van der Waals surface area contributed by atoms with Crippen LogP contribution >= 0.6 is 0 Å². The molecule has 142 valence electrons. The first kappa shape index (κ1) is 19.1. The van der Waals surface area contributed by atoms with Crippen molar-refractivity contribution in [3.63, 3.8) is 0 Å². The number of hydrogen-bond acceptors (Lipinski definition) is 7. The standard InChI is InChI=1S/C18H16N6O3S/c1-28(26,27)22-15-4-2-14(3-5-15)12-18(25)24-10-8-23(9-11-24)17-7-6-16(13-19)20-21-17/h2-11,22H,12H2,1H3. The van der Waals surface area contributed by atoms with Crippen molar-refractivity contribution in [3.05, 3.63) is 72.5 Å². The minimum Gasteiger partial charge on any atom is -0.304 e. The lowest BCUT2D eigenvalue weighted by atomic mass is 10.1. The Morgan fingerprint density at radius 2 is 1.75 bits per heavy atom. The second-order valence-electron chi connectivity index (χ2n) is 5.94. The molecular formula is C18H16N6O3S. The van der Waals surface area contributed by atoms with E-state index >= 15 is 0 Å². The summed E-state index contributed by atoms with van der Waals surface area (Å²) in [5, 5.41) is 16.5. The van der Waals surface area contributed by atoms with Gasteiger partial charge in [0.15, 0.2) is 11.5 Å². The summed E-state index contributed by atoms with van der Waals surface area (Å²) in [4.78, 5) is 15.5. The van der Waals surface area contributed by atoms with E-state index in [4.69, 9.17) is 5.26 Å². The van der Waals surface area contributed by atoms with Gasteiger partial charge in [0.25, 0.3) is 0 Å².